The number of rotatable bonds is 7. The minimum absolute atomic E-state index is 0.0947. The second kappa shape index (κ2) is 9.50. The van der Waals surface area contributed by atoms with Crippen LogP contribution >= 0.6 is 0 Å². The summed E-state index contributed by atoms with van der Waals surface area (Å²) in [5.41, 5.74) is -0.769. The van der Waals surface area contributed by atoms with Crippen LogP contribution in [0.3, 0.4) is 0 Å². The Kier molecular flexibility index (Phi) is 7.36. The molecule has 0 radical (unpaired) electrons. The largest absolute Gasteiger partial charge is 0.491 e. The first-order chi connectivity index (χ1) is 12.0. The van der Waals surface area contributed by atoms with E-state index < -0.39 is 11.7 Å². The number of hydrogen-bond acceptors (Lipinski definition) is 3. The second-order valence-electron chi connectivity index (χ2n) is 5.62. The Labute approximate surface area is 145 Å². The molecule has 1 heterocycles. The first-order valence-electron chi connectivity index (χ1n) is 8.43. The lowest BCUT2D eigenvalue weighted by molar-refractivity contribution is -0.138. The van der Waals surface area contributed by atoms with Crippen molar-refractivity contribution in [2.75, 3.05) is 32.8 Å². The van der Waals surface area contributed by atoms with Gasteiger partial charge in [0.05, 0.1) is 24.8 Å². The summed E-state index contributed by atoms with van der Waals surface area (Å²) in [4.78, 5) is 4.43. The number of para-hydroxylation sites is 1. The van der Waals surface area contributed by atoms with Gasteiger partial charge in [-0.3, -0.25) is 4.99 Å². The Morgan fingerprint density at radius 2 is 2.12 bits per heavy atom. The SMILES string of the molecule is CCNC(=NCC1CCCO1)NCCOc1ccccc1C(F)(F)F. The van der Waals surface area contributed by atoms with Crippen molar-refractivity contribution < 1.29 is 22.6 Å². The number of halogens is 3. The maximum Gasteiger partial charge on any atom is 0.419 e. The van der Waals surface area contributed by atoms with E-state index in [9.17, 15) is 13.2 Å². The first kappa shape index (κ1) is 19.4. The van der Waals surface area contributed by atoms with Gasteiger partial charge in [0.1, 0.15) is 12.4 Å². The molecule has 25 heavy (non-hydrogen) atoms. The van der Waals surface area contributed by atoms with Crippen LogP contribution in [0, 0.1) is 0 Å². The lowest BCUT2D eigenvalue weighted by Crippen LogP contribution is -2.39. The van der Waals surface area contributed by atoms with Gasteiger partial charge in [-0.15, -0.1) is 0 Å². The Balaban J connectivity index is 1.81. The van der Waals surface area contributed by atoms with Crippen molar-refractivity contribution >= 4 is 5.96 Å². The fraction of sp³-hybridized carbons (Fsp3) is 0.588. The second-order valence-corrected chi connectivity index (χ2v) is 5.62. The van der Waals surface area contributed by atoms with E-state index in [0.29, 0.717) is 25.6 Å². The molecule has 5 nitrogen and oxygen atoms in total. The number of benzene rings is 1. The molecular formula is C17H24F3N3O2. The van der Waals surface area contributed by atoms with Gasteiger partial charge in [-0.05, 0) is 31.9 Å². The molecule has 8 heteroatoms. The van der Waals surface area contributed by atoms with Crippen LogP contribution in [0.4, 0.5) is 13.2 Å². The van der Waals surface area contributed by atoms with Gasteiger partial charge in [0.15, 0.2) is 5.96 Å². The van der Waals surface area contributed by atoms with Crippen LogP contribution in [-0.4, -0.2) is 44.9 Å². The molecule has 1 fully saturated rings. The normalized spacial score (nSPS) is 18.2. The molecule has 0 spiro atoms. The Bertz CT molecular complexity index is 558. The molecule has 0 amide bonds. The molecule has 140 valence electrons. The van der Waals surface area contributed by atoms with Gasteiger partial charge in [0, 0.05) is 13.2 Å². The predicted octanol–water partition coefficient (Wildman–Crippen LogP) is 2.82. The molecule has 1 saturated heterocycles. The van der Waals surface area contributed by atoms with Crippen molar-refractivity contribution in [2.45, 2.75) is 32.0 Å². The molecule has 0 saturated carbocycles. The third-order valence-corrected chi connectivity index (χ3v) is 3.67. The zero-order valence-corrected chi connectivity index (χ0v) is 14.2. The molecular weight excluding hydrogens is 335 g/mol. The van der Waals surface area contributed by atoms with Crippen LogP contribution in [0.1, 0.15) is 25.3 Å². The van der Waals surface area contributed by atoms with E-state index in [0.717, 1.165) is 25.5 Å². The highest BCUT2D eigenvalue weighted by Gasteiger charge is 2.33. The lowest BCUT2D eigenvalue weighted by Gasteiger charge is -2.15. The van der Waals surface area contributed by atoms with Crippen LogP contribution < -0.4 is 15.4 Å². The van der Waals surface area contributed by atoms with Crippen LogP contribution in [0.5, 0.6) is 5.75 Å². The monoisotopic (exact) mass is 359 g/mol. The molecule has 2 rings (SSSR count). The van der Waals surface area contributed by atoms with E-state index in [-0.39, 0.29) is 18.5 Å². The molecule has 1 aliphatic heterocycles. The van der Waals surface area contributed by atoms with Crippen molar-refractivity contribution in [1.29, 1.82) is 0 Å². The molecule has 0 aliphatic carbocycles. The maximum atomic E-state index is 12.9. The molecule has 1 aromatic carbocycles. The number of nitrogens with zero attached hydrogens (tertiary/aromatic N) is 1. The molecule has 1 unspecified atom stereocenters. The summed E-state index contributed by atoms with van der Waals surface area (Å²) in [6.45, 7) is 4.40. The van der Waals surface area contributed by atoms with Gasteiger partial charge in [-0.1, -0.05) is 12.1 Å². The van der Waals surface area contributed by atoms with Crippen LogP contribution in [0.15, 0.2) is 29.3 Å². The van der Waals surface area contributed by atoms with E-state index in [1.165, 1.54) is 18.2 Å². The van der Waals surface area contributed by atoms with E-state index in [2.05, 4.69) is 15.6 Å². The molecule has 2 N–H and O–H groups in total. The van der Waals surface area contributed by atoms with E-state index in [4.69, 9.17) is 9.47 Å². The zero-order valence-electron chi connectivity index (χ0n) is 14.2. The number of alkyl halides is 3. The standard InChI is InChI=1S/C17H24F3N3O2/c1-2-21-16(23-12-13-6-5-10-24-13)22-9-11-25-15-8-4-3-7-14(15)17(18,19)20/h3-4,7-8,13H,2,5-6,9-12H2,1H3,(H2,21,22,23). The third-order valence-electron chi connectivity index (χ3n) is 3.67. The van der Waals surface area contributed by atoms with Gasteiger partial charge in [0.25, 0.3) is 0 Å². The van der Waals surface area contributed by atoms with E-state index in [1.807, 2.05) is 6.92 Å². The van der Waals surface area contributed by atoms with Crippen molar-refractivity contribution in [1.82, 2.24) is 10.6 Å². The lowest BCUT2D eigenvalue weighted by atomic mass is 10.2. The van der Waals surface area contributed by atoms with E-state index in [1.54, 1.807) is 0 Å². The summed E-state index contributed by atoms with van der Waals surface area (Å²) < 4.78 is 49.5. The van der Waals surface area contributed by atoms with Gasteiger partial charge in [0.2, 0.25) is 0 Å². The molecule has 1 aromatic rings. The Morgan fingerprint density at radius 1 is 1.32 bits per heavy atom. The summed E-state index contributed by atoms with van der Waals surface area (Å²) in [5, 5.41) is 6.14. The molecule has 1 atom stereocenters. The number of guanidine groups is 1. The molecule has 0 bridgehead atoms. The number of ether oxygens (including phenoxy) is 2. The summed E-state index contributed by atoms with van der Waals surface area (Å²) in [6.07, 6.45) is -2.23. The van der Waals surface area contributed by atoms with Gasteiger partial charge in [-0.25, -0.2) is 0 Å². The summed E-state index contributed by atoms with van der Waals surface area (Å²) in [7, 11) is 0. The predicted molar refractivity (Wildman–Crippen MR) is 89.9 cm³/mol. The van der Waals surface area contributed by atoms with Crippen LogP contribution in [0.25, 0.3) is 0 Å². The number of nitrogens with one attached hydrogen (secondary N) is 2. The summed E-state index contributed by atoms with van der Waals surface area (Å²) in [5.74, 6) is 0.434. The summed E-state index contributed by atoms with van der Waals surface area (Å²) in [6, 6.07) is 5.19. The van der Waals surface area contributed by atoms with E-state index >= 15 is 0 Å². The molecule has 1 aliphatic rings. The van der Waals surface area contributed by atoms with Crippen molar-refractivity contribution in [3.8, 4) is 5.75 Å². The minimum atomic E-state index is -4.43. The maximum absolute atomic E-state index is 12.9. The minimum Gasteiger partial charge on any atom is -0.491 e. The van der Waals surface area contributed by atoms with Crippen LogP contribution in [-0.2, 0) is 10.9 Å². The van der Waals surface area contributed by atoms with Crippen molar-refractivity contribution in [3.63, 3.8) is 0 Å². The van der Waals surface area contributed by atoms with Crippen molar-refractivity contribution in [3.05, 3.63) is 29.8 Å². The van der Waals surface area contributed by atoms with Crippen LogP contribution in [0.2, 0.25) is 0 Å². The highest BCUT2D eigenvalue weighted by Crippen LogP contribution is 2.35. The smallest absolute Gasteiger partial charge is 0.419 e. The third kappa shape index (κ3) is 6.45. The number of hydrogen-bond donors (Lipinski definition) is 2. The topological polar surface area (TPSA) is 54.9 Å². The first-order valence-corrected chi connectivity index (χ1v) is 8.43. The molecule has 0 aromatic heterocycles. The van der Waals surface area contributed by atoms with Gasteiger partial charge >= 0.3 is 6.18 Å². The fourth-order valence-corrected chi connectivity index (χ4v) is 2.48. The number of aliphatic imine (C=N–C) groups is 1. The quantitative estimate of drug-likeness (QED) is 0.447. The fourth-order valence-electron chi connectivity index (χ4n) is 2.48. The highest BCUT2D eigenvalue weighted by molar-refractivity contribution is 5.79. The summed E-state index contributed by atoms with van der Waals surface area (Å²) >= 11 is 0. The van der Waals surface area contributed by atoms with Gasteiger partial charge in [-0.2, -0.15) is 13.2 Å². The zero-order chi connectivity index (χ0) is 18.1. The highest BCUT2D eigenvalue weighted by atomic mass is 19.4. The van der Waals surface area contributed by atoms with Crippen molar-refractivity contribution in [2.24, 2.45) is 4.99 Å². The average Bonchev–Trinajstić information content (AvgIpc) is 3.09. The average molecular weight is 359 g/mol. The Morgan fingerprint density at radius 3 is 2.80 bits per heavy atom. The Hall–Kier alpha value is -1.96. The van der Waals surface area contributed by atoms with Gasteiger partial charge < -0.3 is 20.1 Å².